The molecule has 4 heteroatoms. The van der Waals surface area contributed by atoms with Crippen LogP contribution in [0.2, 0.25) is 0 Å². The van der Waals surface area contributed by atoms with E-state index in [9.17, 15) is 4.79 Å². The third kappa shape index (κ3) is 2.19. The Hall–Kier alpha value is -0.870. The van der Waals surface area contributed by atoms with Gasteiger partial charge in [-0.25, -0.2) is 0 Å². The Morgan fingerprint density at radius 1 is 1.61 bits per heavy atom. The molecule has 0 saturated carbocycles. The normalized spacial score (nSPS) is 22.4. The zero-order valence-electron chi connectivity index (χ0n) is 11.4. The lowest BCUT2D eigenvalue weighted by molar-refractivity contribution is -0.139. The molecule has 1 aliphatic heterocycles. The van der Waals surface area contributed by atoms with Crippen molar-refractivity contribution in [1.82, 2.24) is 4.90 Å². The topological polar surface area (TPSA) is 46.3 Å². The van der Waals surface area contributed by atoms with Gasteiger partial charge in [0.15, 0.2) is 0 Å². The van der Waals surface area contributed by atoms with Crippen molar-refractivity contribution in [2.75, 3.05) is 6.54 Å². The molecule has 0 spiro atoms. The molecule has 2 heterocycles. The molecule has 2 unspecified atom stereocenters. The summed E-state index contributed by atoms with van der Waals surface area (Å²) in [5.74, 6) is 0.0914. The van der Waals surface area contributed by atoms with Crippen LogP contribution >= 0.6 is 11.3 Å². The summed E-state index contributed by atoms with van der Waals surface area (Å²) in [5.41, 5.74) is 6.71. The van der Waals surface area contributed by atoms with Gasteiger partial charge in [0.2, 0.25) is 5.91 Å². The SMILES string of the molecule is CCC1c2ccsc2CCN1C(=O)C(C)(N)CC. The van der Waals surface area contributed by atoms with Crippen LogP contribution in [-0.4, -0.2) is 22.9 Å². The van der Waals surface area contributed by atoms with E-state index in [1.165, 1.54) is 10.4 Å². The maximum Gasteiger partial charge on any atom is 0.242 e. The lowest BCUT2D eigenvalue weighted by Gasteiger charge is -2.39. The van der Waals surface area contributed by atoms with Crippen molar-refractivity contribution in [3.05, 3.63) is 21.9 Å². The highest BCUT2D eigenvalue weighted by Crippen LogP contribution is 2.36. The number of hydrogen-bond acceptors (Lipinski definition) is 3. The molecule has 0 aromatic carbocycles. The molecule has 2 atom stereocenters. The summed E-state index contributed by atoms with van der Waals surface area (Å²) in [4.78, 5) is 16.0. The Balaban J connectivity index is 2.28. The molecule has 100 valence electrons. The Kier molecular flexibility index (Phi) is 3.78. The molecule has 2 rings (SSSR count). The van der Waals surface area contributed by atoms with Gasteiger partial charge in [0.25, 0.3) is 0 Å². The van der Waals surface area contributed by atoms with E-state index in [2.05, 4.69) is 18.4 Å². The van der Waals surface area contributed by atoms with Crippen molar-refractivity contribution in [1.29, 1.82) is 0 Å². The molecule has 2 N–H and O–H groups in total. The van der Waals surface area contributed by atoms with Crippen LogP contribution in [0.3, 0.4) is 0 Å². The lowest BCUT2D eigenvalue weighted by atomic mass is 9.92. The number of carbonyl (C=O) groups excluding carboxylic acids is 1. The van der Waals surface area contributed by atoms with Gasteiger partial charge in [-0.05, 0) is 43.2 Å². The summed E-state index contributed by atoms with van der Waals surface area (Å²) in [7, 11) is 0. The molecule has 1 aromatic rings. The molecular weight excluding hydrogens is 244 g/mol. The first-order chi connectivity index (χ1) is 8.51. The van der Waals surface area contributed by atoms with Crippen molar-refractivity contribution >= 4 is 17.2 Å². The maximum atomic E-state index is 12.6. The Morgan fingerprint density at radius 2 is 2.33 bits per heavy atom. The Morgan fingerprint density at radius 3 is 2.94 bits per heavy atom. The van der Waals surface area contributed by atoms with Gasteiger partial charge in [0.1, 0.15) is 0 Å². The number of thiophene rings is 1. The van der Waals surface area contributed by atoms with E-state index in [4.69, 9.17) is 5.73 Å². The van der Waals surface area contributed by atoms with Crippen molar-refractivity contribution < 1.29 is 4.79 Å². The second kappa shape index (κ2) is 5.02. The number of hydrogen-bond donors (Lipinski definition) is 1. The zero-order valence-corrected chi connectivity index (χ0v) is 12.2. The monoisotopic (exact) mass is 266 g/mol. The van der Waals surface area contributed by atoms with E-state index in [1.54, 1.807) is 11.3 Å². The first kappa shape index (κ1) is 13.6. The fraction of sp³-hybridized carbons (Fsp3) is 0.643. The van der Waals surface area contributed by atoms with Gasteiger partial charge in [-0.1, -0.05) is 13.8 Å². The molecular formula is C14H22N2OS. The molecule has 0 fully saturated rings. The van der Waals surface area contributed by atoms with Crippen molar-refractivity contribution in [3.63, 3.8) is 0 Å². The van der Waals surface area contributed by atoms with Gasteiger partial charge < -0.3 is 10.6 Å². The van der Waals surface area contributed by atoms with Crippen molar-refractivity contribution in [2.45, 2.75) is 51.6 Å². The first-order valence-electron chi connectivity index (χ1n) is 6.67. The fourth-order valence-electron chi connectivity index (χ4n) is 2.56. The smallest absolute Gasteiger partial charge is 0.242 e. The van der Waals surface area contributed by atoms with Gasteiger partial charge in [-0.2, -0.15) is 0 Å². The van der Waals surface area contributed by atoms with Crippen LogP contribution in [0.1, 0.15) is 50.1 Å². The fourth-order valence-corrected chi connectivity index (χ4v) is 3.49. The standard InChI is InChI=1S/C14H22N2OS/c1-4-11-10-7-9-18-12(10)6-8-16(11)13(17)14(3,15)5-2/h7,9,11H,4-6,8,15H2,1-3H3. The van der Waals surface area contributed by atoms with Crippen LogP contribution in [-0.2, 0) is 11.2 Å². The minimum atomic E-state index is -0.735. The summed E-state index contributed by atoms with van der Waals surface area (Å²) in [6.45, 7) is 6.75. The molecule has 0 radical (unpaired) electrons. The maximum absolute atomic E-state index is 12.6. The molecule has 0 bridgehead atoms. The van der Waals surface area contributed by atoms with Crippen LogP contribution in [0, 0.1) is 0 Å². The quantitative estimate of drug-likeness (QED) is 0.914. The molecule has 0 saturated heterocycles. The minimum absolute atomic E-state index is 0.0914. The third-order valence-electron chi connectivity index (χ3n) is 3.97. The van der Waals surface area contributed by atoms with Crippen molar-refractivity contribution in [2.24, 2.45) is 5.73 Å². The van der Waals surface area contributed by atoms with Crippen LogP contribution in [0.15, 0.2) is 11.4 Å². The predicted molar refractivity (Wildman–Crippen MR) is 75.7 cm³/mol. The Bertz CT molecular complexity index is 439. The van der Waals surface area contributed by atoms with Gasteiger partial charge >= 0.3 is 0 Å². The van der Waals surface area contributed by atoms with Gasteiger partial charge in [-0.3, -0.25) is 4.79 Å². The number of carbonyl (C=O) groups is 1. The van der Waals surface area contributed by atoms with Gasteiger partial charge in [0, 0.05) is 11.4 Å². The van der Waals surface area contributed by atoms with E-state index in [0.29, 0.717) is 6.42 Å². The van der Waals surface area contributed by atoms with Crippen LogP contribution in [0.25, 0.3) is 0 Å². The predicted octanol–water partition coefficient (Wildman–Crippen LogP) is 2.71. The summed E-state index contributed by atoms with van der Waals surface area (Å²) < 4.78 is 0. The largest absolute Gasteiger partial charge is 0.334 e. The van der Waals surface area contributed by atoms with Crippen LogP contribution in [0.4, 0.5) is 0 Å². The lowest BCUT2D eigenvalue weighted by Crippen LogP contribution is -2.55. The summed E-state index contributed by atoms with van der Waals surface area (Å²) in [5, 5.41) is 2.13. The van der Waals surface area contributed by atoms with Crippen LogP contribution < -0.4 is 5.73 Å². The van der Waals surface area contributed by atoms with Crippen molar-refractivity contribution in [3.8, 4) is 0 Å². The molecule has 18 heavy (non-hydrogen) atoms. The highest BCUT2D eigenvalue weighted by molar-refractivity contribution is 7.10. The third-order valence-corrected chi connectivity index (χ3v) is 4.96. The van der Waals surface area contributed by atoms with Gasteiger partial charge in [-0.15, -0.1) is 11.3 Å². The van der Waals surface area contributed by atoms with E-state index in [1.807, 2.05) is 18.7 Å². The van der Waals surface area contributed by atoms with E-state index in [-0.39, 0.29) is 11.9 Å². The van der Waals surface area contributed by atoms with Gasteiger partial charge in [0.05, 0.1) is 11.6 Å². The number of nitrogens with two attached hydrogens (primary N) is 1. The molecule has 3 nitrogen and oxygen atoms in total. The van der Waals surface area contributed by atoms with E-state index in [0.717, 1.165) is 19.4 Å². The minimum Gasteiger partial charge on any atom is -0.334 e. The Labute approximate surface area is 113 Å². The molecule has 1 amide bonds. The highest BCUT2D eigenvalue weighted by Gasteiger charge is 2.37. The van der Waals surface area contributed by atoms with E-state index < -0.39 is 5.54 Å². The number of rotatable bonds is 3. The number of nitrogens with zero attached hydrogens (tertiary/aromatic N) is 1. The first-order valence-corrected chi connectivity index (χ1v) is 7.55. The molecule has 0 aliphatic carbocycles. The summed E-state index contributed by atoms with van der Waals surface area (Å²) in [6.07, 6.45) is 2.60. The summed E-state index contributed by atoms with van der Waals surface area (Å²) in [6, 6.07) is 2.37. The average molecular weight is 266 g/mol. The second-order valence-corrected chi connectivity index (χ2v) is 6.24. The van der Waals surface area contributed by atoms with E-state index >= 15 is 0 Å². The van der Waals surface area contributed by atoms with Crippen LogP contribution in [0.5, 0.6) is 0 Å². The second-order valence-electron chi connectivity index (χ2n) is 5.24. The number of fused-ring (bicyclic) bond motifs is 1. The molecule has 1 aromatic heterocycles. The number of amides is 1. The average Bonchev–Trinajstić information content (AvgIpc) is 2.84. The molecule has 1 aliphatic rings. The summed E-state index contributed by atoms with van der Waals surface area (Å²) >= 11 is 1.80. The highest BCUT2D eigenvalue weighted by atomic mass is 32.1. The zero-order chi connectivity index (χ0) is 13.3.